The van der Waals surface area contributed by atoms with Gasteiger partial charge in [-0.25, -0.2) is 4.98 Å². The molecule has 0 aliphatic rings. The number of aromatic nitrogens is 1. The lowest BCUT2D eigenvalue weighted by Gasteiger charge is -2.23. The van der Waals surface area contributed by atoms with Crippen molar-refractivity contribution in [3.05, 3.63) is 53.7 Å². The molecule has 6 heteroatoms. The molecule has 2 aromatic rings. The summed E-state index contributed by atoms with van der Waals surface area (Å²) in [5, 5.41) is 3.12. The standard InChI is InChI=1S/C16H18F3N3/c1-11(12-7-4-5-8-13(12)16(17,18)19)21-14-9-6-10-20-15(14)22(2)3/h4-11,21H,1-3H3/t11-/m1/s1. The Morgan fingerprint density at radius 2 is 1.77 bits per heavy atom. The summed E-state index contributed by atoms with van der Waals surface area (Å²) >= 11 is 0. The molecule has 0 saturated carbocycles. The molecule has 1 aromatic heterocycles. The summed E-state index contributed by atoms with van der Waals surface area (Å²) in [5.41, 5.74) is 0.283. The molecule has 0 aliphatic heterocycles. The molecule has 0 radical (unpaired) electrons. The van der Waals surface area contributed by atoms with Crippen molar-refractivity contribution < 1.29 is 13.2 Å². The van der Waals surface area contributed by atoms with Gasteiger partial charge < -0.3 is 10.2 Å². The van der Waals surface area contributed by atoms with Crippen LogP contribution in [0.15, 0.2) is 42.6 Å². The number of benzene rings is 1. The van der Waals surface area contributed by atoms with Crippen molar-refractivity contribution >= 4 is 11.5 Å². The highest BCUT2D eigenvalue weighted by Gasteiger charge is 2.34. The van der Waals surface area contributed by atoms with Gasteiger partial charge in [-0.2, -0.15) is 13.2 Å². The lowest BCUT2D eigenvalue weighted by Crippen LogP contribution is -2.18. The summed E-state index contributed by atoms with van der Waals surface area (Å²) in [7, 11) is 3.67. The highest BCUT2D eigenvalue weighted by atomic mass is 19.4. The smallest absolute Gasteiger partial charge is 0.376 e. The predicted octanol–water partition coefficient (Wildman–Crippen LogP) is 4.34. The lowest BCUT2D eigenvalue weighted by atomic mass is 10.0. The number of nitrogens with zero attached hydrogens (tertiary/aromatic N) is 2. The molecule has 1 heterocycles. The topological polar surface area (TPSA) is 28.2 Å². The highest BCUT2D eigenvalue weighted by molar-refractivity contribution is 5.65. The molecule has 0 aliphatic carbocycles. The zero-order valence-corrected chi connectivity index (χ0v) is 12.6. The Bertz CT molecular complexity index is 639. The fraction of sp³-hybridized carbons (Fsp3) is 0.312. The van der Waals surface area contributed by atoms with Crippen LogP contribution in [-0.2, 0) is 6.18 Å². The third kappa shape index (κ3) is 3.50. The first-order valence-electron chi connectivity index (χ1n) is 6.85. The van der Waals surface area contributed by atoms with Crippen molar-refractivity contribution in [2.75, 3.05) is 24.3 Å². The van der Waals surface area contributed by atoms with Crippen molar-refractivity contribution in [1.29, 1.82) is 0 Å². The van der Waals surface area contributed by atoms with Crippen molar-refractivity contribution in [2.45, 2.75) is 19.1 Å². The third-order valence-electron chi connectivity index (χ3n) is 3.31. The molecule has 22 heavy (non-hydrogen) atoms. The van der Waals surface area contributed by atoms with Gasteiger partial charge in [-0.1, -0.05) is 18.2 Å². The quantitative estimate of drug-likeness (QED) is 0.910. The van der Waals surface area contributed by atoms with Crippen LogP contribution in [0.25, 0.3) is 0 Å². The van der Waals surface area contributed by atoms with E-state index in [1.165, 1.54) is 12.1 Å². The van der Waals surface area contributed by atoms with Crippen LogP contribution in [0.1, 0.15) is 24.1 Å². The van der Waals surface area contributed by atoms with E-state index in [1.54, 1.807) is 31.3 Å². The van der Waals surface area contributed by atoms with Gasteiger partial charge in [0.15, 0.2) is 5.82 Å². The first kappa shape index (κ1) is 16.1. The normalized spacial score (nSPS) is 12.8. The van der Waals surface area contributed by atoms with Gasteiger partial charge >= 0.3 is 6.18 Å². The van der Waals surface area contributed by atoms with E-state index in [2.05, 4.69) is 10.3 Å². The summed E-state index contributed by atoms with van der Waals surface area (Å²) in [6.45, 7) is 1.71. The van der Waals surface area contributed by atoms with Crippen LogP contribution in [0, 0.1) is 0 Å². The molecule has 1 aromatic carbocycles. The van der Waals surface area contributed by atoms with Gasteiger partial charge in [0.05, 0.1) is 11.3 Å². The SMILES string of the molecule is C[C@@H](Nc1cccnc1N(C)C)c1ccccc1C(F)(F)F. The number of rotatable bonds is 4. The second-order valence-corrected chi connectivity index (χ2v) is 5.22. The lowest BCUT2D eigenvalue weighted by molar-refractivity contribution is -0.138. The maximum Gasteiger partial charge on any atom is 0.416 e. The maximum atomic E-state index is 13.1. The molecule has 0 bridgehead atoms. The van der Waals surface area contributed by atoms with E-state index in [9.17, 15) is 13.2 Å². The molecule has 0 unspecified atom stereocenters. The molecule has 3 nitrogen and oxygen atoms in total. The van der Waals surface area contributed by atoms with E-state index in [1.807, 2.05) is 19.0 Å². The van der Waals surface area contributed by atoms with E-state index in [4.69, 9.17) is 0 Å². The van der Waals surface area contributed by atoms with Crippen molar-refractivity contribution in [2.24, 2.45) is 0 Å². The second kappa shape index (κ2) is 6.25. The molecular formula is C16H18F3N3. The second-order valence-electron chi connectivity index (χ2n) is 5.22. The third-order valence-corrected chi connectivity index (χ3v) is 3.31. The van der Waals surface area contributed by atoms with Crippen LogP contribution in [0.5, 0.6) is 0 Å². The zero-order chi connectivity index (χ0) is 16.3. The van der Waals surface area contributed by atoms with Crippen LogP contribution in [-0.4, -0.2) is 19.1 Å². The molecule has 118 valence electrons. The van der Waals surface area contributed by atoms with E-state index in [-0.39, 0.29) is 5.56 Å². The van der Waals surface area contributed by atoms with E-state index in [0.29, 0.717) is 11.5 Å². The first-order chi connectivity index (χ1) is 10.3. The Morgan fingerprint density at radius 3 is 2.41 bits per heavy atom. The fourth-order valence-corrected chi connectivity index (χ4v) is 2.31. The average molecular weight is 309 g/mol. The summed E-state index contributed by atoms with van der Waals surface area (Å²) in [5.74, 6) is 0.679. The molecule has 1 N–H and O–H groups in total. The monoisotopic (exact) mass is 309 g/mol. The molecular weight excluding hydrogens is 291 g/mol. The van der Waals surface area contributed by atoms with Crippen LogP contribution in [0.2, 0.25) is 0 Å². The Labute approximate surface area is 127 Å². The van der Waals surface area contributed by atoms with Gasteiger partial charge in [0, 0.05) is 26.3 Å². The van der Waals surface area contributed by atoms with E-state index in [0.717, 1.165) is 6.07 Å². The van der Waals surface area contributed by atoms with Crippen molar-refractivity contribution in [3.8, 4) is 0 Å². The molecule has 0 saturated heterocycles. The first-order valence-corrected chi connectivity index (χ1v) is 6.85. The Kier molecular flexibility index (Phi) is 4.59. The Balaban J connectivity index is 2.33. The van der Waals surface area contributed by atoms with Gasteiger partial charge in [-0.3, -0.25) is 0 Å². The van der Waals surface area contributed by atoms with E-state index >= 15 is 0 Å². The number of nitrogens with one attached hydrogen (secondary N) is 1. The fourth-order valence-electron chi connectivity index (χ4n) is 2.31. The number of alkyl halides is 3. The molecule has 1 atom stereocenters. The summed E-state index contributed by atoms with van der Waals surface area (Å²) < 4.78 is 39.3. The number of pyridine rings is 1. The van der Waals surface area contributed by atoms with Gasteiger partial charge in [-0.05, 0) is 30.7 Å². The van der Waals surface area contributed by atoms with Crippen molar-refractivity contribution in [1.82, 2.24) is 4.98 Å². The van der Waals surface area contributed by atoms with Crippen LogP contribution >= 0.6 is 0 Å². The van der Waals surface area contributed by atoms with Gasteiger partial charge in [0.25, 0.3) is 0 Å². The highest BCUT2D eigenvalue weighted by Crippen LogP contribution is 2.36. The largest absolute Gasteiger partial charge is 0.416 e. The molecule has 0 spiro atoms. The summed E-state index contributed by atoms with van der Waals surface area (Å²) in [6.07, 6.45) is -2.72. The minimum Gasteiger partial charge on any atom is -0.376 e. The Hall–Kier alpha value is -2.24. The van der Waals surface area contributed by atoms with Gasteiger partial charge in [0.1, 0.15) is 0 Å². The number of anilines is 2. The minimum atomic E-state index is -4.37. The van der Waals surface area contributed by atoms with Crippen LogP contribution < -0.4 is 10.2 Å². The molecule has 0 amide bonds. The molecule has 0 fully saturated rings. The summed E-state index contributed by atoms with van der Waals surface area (Å²) in [6, 6.07) is 8.65. The Morgan fingerprint density at radius 1 is 1.09 bits per heavy atom. The zero-order valence-electron chi connectivity index (χ0n) is 12.6. The number of halogens is 3. The average Bonchev–Trinajstić information content (AvgIpc) is 2.46. The summed E-state index contributed by atoms with van der Waals surface area (Å²) in [4.78, 5) is 6.05. The maximum absolute atomic E-state index is 13.1. The van der Waals surface area contributed by atoms with Gasteiger partial charge in [0.2, 0.25) is 0 Å². The van der Waals surface area contributed by atoms with E-state index < -0.39 is 17.8 Å². The predicted molar refractivity (Wildman–Crippen MR) is 82.0 cm³/mol. The van der Waals surface area contributed by atoms with Gasteiger partial charge in [-0.15, -0.1) is 0 Å². The van der Waals surface area contributed by atoms with Crippen LogP contribution in [0.4, 0.5) is 24.7 Å². The van der Waals surface area contributed by atoms with Crippen LogP contribution in [0.3, 0.4) is 0 Å². The minimum absolute atomic E-state index is 0.212. The number of hydrogen-bond donors (Lipinski definition) is 1. The molecule has 2 rings (SSSR count). The van der Waals surface area contributed by atoms with Crippen molar-refractivity contribution in [3.63, 3.8) is 0 Å². The number of hydrogen-bond acceptors (Lipinski definition) is 3.